The average Bonchev–Trinajstić information content (AvgIpc) is 3.34. The van der Waals surface area contributed by atoms with E-state index >= 15 is 0 Å². The maximum absolute atomic E-state index is 13.4. The van der Waals surface area contributed by atoms with Crippen molar-refractivity contribution in [3.8, 4) is 0 Å². The molecule has 3 aromatic rings. The van der Waals surface area contributed by atoms with Crippen LogP contribution < -0.4 is 10.0 Å². The number of sulfonamides is 1. The molecule has 0 aliphatic carbocycles. The summed E-state index contributed by atoms with van der Waals surface area (Å²) in [6.45, 7) is 3.39. The Hall–Kier alpha value is -2.51. The van der Waals surface area contributed by atoms with Gasteiger partial charge in [0.2, 0.25) is 10.0 Å². The van der Waals surface area contributed by atoms with Crippen molar-refractivity contribution in [3.05, 3.63) is 102 Å². The number of aryl methyl sites for hydroxylation is 1. The summed E-state index contributed by atoms with van der Waals surface area (Å²) in [5.74, 6) is 0. The zero-order chi connectivity index (χ0) is 22.4. The minimum Gasteiger partial charge on any atom is -0.377 e. The molecule has 3 aromatic carbocycles. The lowest BCUT2D eigenvalue weighted by atomic mass is 9.94. The monoisotopic (exact) mass is 450 g/mol. The van der Waals surface area contributed by atoms with Gasteiger partial charge >= 0.3 is 0 Å². The van der Waals surface area contributed by atoms with E-state index in [0.29, 0.717) is 6.54 Å². The van der Waals surface area contributed by atoms with Crippen molar-refractivity contribution in [2.24, 2.45) is 0 Å². The maximum atomic E-state index is 13.4. The summed E-state index contributed by atoms with van der Waals surface area (Å²) in [6, 6.07) is 25.9. The molecule has 2 N–H and O–H groups in total. The van der Waals surface area contributed by atoms with Crippen LogP contribution in [0.3, 0.4) is 0 Å². The van der Waals surface area contributed by atoms with E-state index in [-0.39, 0.29) is 17.0 Å². The fraction of sp³-hybridized carbons (Fsp3) is 0.308. The molecule has 0 bridgehead atoms. The molecule has 1 aliphatic rings. The van der Waals surface area contributed by atoms with Crippen molar-refractivity contribution in [1.82, 2.24) is 10.0 Å². The molecule has 3 atom stereocenters. The molecule has 0 saturated carbocycles. The zero-order valence-electron chi connectivity index (χ0n) is 18.3. The molecule has 0 spiro atoms. The first-order valence-corrected chi connectivity index (χ1v) is 12.5. The second-order valence-electron chi connectivity index (χ2n) is 8.25. The van der Waals surface area contributed by atoms with Gasteiger partial charge in [0.25, 0.3) is 0 Å². The number of benzene rings is 3. The van der Waals surface area contributed by atoms with Gasteiger partial charge in [-0.1, -0.05) is 78.4 Å². The Morgan fingerprint density at radius 3 is 2.03 bits per heavy atom. The Morgan fingerprint density at radius 2 is 1.47 bits per heavy atom. The Kier molecular flexibility index (Phi) is 7.37. The molecule has 1 fully saturated rings. The minimum absolute atomic E-state index is 0.145. The van der Waals surface area contributed by atoms with Gasteiger partial charge in [-0.3, -0.25) is 0 Å². The Morgan fingerprint density at radius 1 is 0.875 bits per heavy atom. The van der Waals surface area contributed by atoms with Crippen LogP contribution in [-0.2, 0) is 14.8 Å². The van der Waals surface area contributed by atoms with Gasteiger partial charge in [0, 0.05) is 13.2 Å². The number of hydrogen-bond donors (Lipinski definition) is 2. The molecule has 6 heteroatoms. The molecule has 4 rings (SSSR count). The van der Waals surface area contributed by atoms with Crippen molar-refractivity contribution in [2.75, 3.05) is 13.2 Å². The molecule has 1 saturated heterocycles. The van der Waals surface area contributed by atoms with Gasteiger partial charge in [0.05, 0.1) is 23.1 Å². The van der Waals surface area contributed by atoms with Gasteiger partial charge in [-0.15, -0.1) is 0 Å². The van der Waals surface area contributed by atoms with Crippen LogP contribution in [0.5, 0.6) is 0 Å². The van der Waals surface area contributed by atoms with Crippen LogP contribution >= 0.6 is 0 Å². The molecule has 0 aromatic heterocycles. The standard InChI is InChI=1S/C26H30N2O3S/c1-20-14-16-24(17-15-20)32(29,30)28-26(22-11-6-3-7-12-22)25(21-9-4-2-5-10-21)27-19-23-13-8-18-31-23/h2-7,9-12,14-17,23,25-28H,8,13,18-19H2,1H3/t23?,25-,26-/m1/s1. The molecule has 168 valence electrons. The fourth-order valence-corrected chi connectivity index (χ4v) is 5.33. The van der Waals surface area contributed by atoms with Crippen LogP contribution in [0.4, 0.5) is 0 Å². The van der Waals surface area contributed by atoms with Crippen LogP contribution in [-0.4, -0.2) is 27.7 Å². The van der Waals surface area contributed by atoms with Crippen LogP contribution in [0.2, 0.25) is 0 Å². The number of hydrogen-bond acceptors (Lipinski definition) is 4. The SMILES string of the molecule is Cc1ccc(S(=O)(=O)N[C@H](c2ccccc2)[C@H](NCC2CCCO2)c2ccccc2)cc1. The van der Waals surface area contributed by atoms with Gasteiger partial charge in [-0.25, -0.2) is 13.1 Å². The summed E-state index contributed by atoms with van der Waals surface area (Å²) < 4.78 is 35.5. The predicted octanol–water partition coefficient (Wildman–Crippen LogP) is 4.52. The smallest absolute Gasteiger partial charge is 0.241 e. The highest BCUT2D eigenvalue weighted by molar-refractivity contribution is 7.89. The molecule has 32 heavy (non-hydrogen) atoms. The molecule has 1 unspecified atom stereocenters. The van der Waals surface area contributed by atoms with E-state index in [2.05, 4.69) is 10.0 Å². The fourth-order valence-electron chi connectivity index (χ4n) is 4.09. The topological polar surface area (TPSA) is 67.4 Å². The van der Waals surface area contributed by atoms with Crippen molar-refractivity contribution < 1.29 is 13.2 Å². The highest BCUT2D eigenvalue weighted by Crippen LogP contribution is 2.31. The second kappa shape index (κ2) is 10.4. The largest absolute Gasteiger partial charge is 0.377 e. The molecular formula is C26H30N2O3S. The van der Waals surface area contributed by atoms with Crippen LogP contribution in [0, 0.1) is 6.92 Å². The summed E-state index contributed by atoms with van der Waals surface area (Å²) in [4.78, 5) is 0.259. The third-order valence-electron chi connectivity index (χ3n) is 5.85. The van der Waals surface area contributed by atoms with Gasteiger partial charge in [0.15, 0.2) is 0 Å². The Balaban J connectivity index is 1.69. The summed E-state index contributed by atoms with van der Waals surface area (Å²) in [6.07, 6.45) is 2.22. The van der Waals surface area contributed by atoms with Gasteiger partial charge in [0.1, 0.15) is 0 Å². The van der Waals surface area contributed by atoms with Crippen molar-refractivity contribution >= 4 is 10.0 Å². The first-order chi connectivity index (χ1) is 15.5. The highest BCUT2D eigenvalue weighted by atomic mass is 32.2. The molecule has 0 radical (unpaired) electrons. The predicted molar refractivity (Wildman–Crippen MR) is 127 cm³/mol. The van der Waals surface area contributed by atoms with E-state index in [0.717, 1.165) is 36.1 Å². The Labute approximate surface area is 190 Å². The minimum atomic E-state index is -3.74. The third kappa shape index (κ3) is 5.64. The summed E-state index contributed by atoms with van der Waals surface area (Å²) in [5, 5.41) is 3.61. The van der Waals surface area contributed by atoms with E-state index in [1.165, 1.54) is 0 Å². The van der Waals surface area contributed by atoms with E-state index in [1.807, 2.05) is 79.7 Å². The molecular weight excluding hydrogens is 420 g/mol. The van der Waals surface area contributed by atoms with Gasteiger partial charge in [-0.05, 0) is 43.0 Å². The first-order valence-electron chi connectivity index (χ1n) is 11.1. The highest BCUT2D eigenvalue weighted by Gasteiger charge is 2.30. The number of rotatable bonds is 9. The maximum Gasteiger partial charge on any atom is 0.241 e. The van der Waals surface area contributed by atoms with Crippen LogP contribution in [0.15, 0.2) is 89.8 Å². The van der Waals surface area contributed by atoms with E-state index in [1.54, 1.807) is 12.1 Å². The summed E-state index contributed by atoms with van der Waals surface area (Å²) in [7, 11) is -3.74. The number of nitrogens with one attached hydrogen (secondary N) is 2. The lowest BCUT2D eigenvalue weighted by Gasteiger charge is -2.30. The van der Waals surface area contributed by atoms with Gasteiger partial charge in [-0.2, -0.15) is 0 Å². The second-order valence-corrected chi connectivity index (χ2v) is 9.97. The first kappa shape index (κ1) is 22.7. The van der Waals surface area contributed by atoms with E-state index in [9.17, 15) is 8.42 Å². The number of ether oxygens (including phenoxy) is 1. The van der Waals surface area contributed by atoms with Crippen LogP contribution in [0.25, 0.3) is 0 Å². The quantitative estimate of drug-likeness (QED) is 0.503. The van der Waals surface area contributed by atoms with Crippen molar-refractivity contribution in [1.29, 1.82) is 0 Å². The van der Waals surface area contributed by atoms with E-state index in [4.69, 9.17) is 4.74 Å². The molecule has 1 heterocycles. The lowest BCUT2D eigenvalue weighted by molar-refractivity contribution is 0.106. The van der Waals surface area contributed by atoms with Crippen molar-refractivity contribution in [2.45, 2.75) is 42.8 Å². The van der Waals surface area contributed by atoms with E-state index < -0.39 is 16.1 Å². The summed E-state index contributed by atoms with van der Waals surface area (Å²) >= 11 is 0. The summed E-state index contributed by atoms with van der Waals surface area (Å²) in [5.41, 5.74) is 2.94. The van der Waals surface area contributed by atoms with Crippen molar-refractivity contribution in [3.63, 3.8) is 0 Å². The molecule has 0 amide bonds. The normalized spacial score (nSPS) is 18.3. The molecule has 1 aliphatic heterocycles. The third-order valence-corrected chi connectivity index (χ3v) is 7.31. The lowest BCUT2D eigenvalue weighted by Crippen LogP contribution is -2.40. The van der Waals surface area contributed by atoms with Crippen LogP contribution in [0.1, 0.15) is 41.6 Å². The average molecular weight is 451 g/mol. The molecule has 5 nitrogen and oxygen atoms in total. The Bertz CT molecular complexity index is 1080. The van der Waals surface area contributed by atoms with Gasteiger partial charge < -0.3 is 10.1 Å². The zero-order valence-corrected chi connectivity index (χ0v) is 19.1.